The molecule has 4 nitrogen and oxygen atoms in total. The number of hydrogen-bond acceptors (Lipinski definition) is 3. The molecule has 25 heavy (non-hydrogen) atoms. The minimum absolute atomic E-state index is 0.462. The molecule has 1 atom stereocenters. The van der Waals surface area contributed by atoms with Crippen LogP contribution in [-0.4, -0.2) is 16.6 Å². The van der Waals surface area contributed by atoms with Crippen molar-refractivity contribution in [2.75, 3.05) is 4.90 Å². The van der Waals surface area contributed by atoms with Gasteiger partial charge >= 0.3 is 6.09 Å². The van der Waals surface area contributed by atoms with E-state index in [4.69, 9.17) is 21.6 Å². The lowest BCUT2D eigenvalue weighted by molar-refractivity contribution is 0.0581. The first-order valence-electron chi connectivity index (χ1n) is 7.62. The van der Waals surface area contributed by atoms with E-state index in [1.54, 1.807) is 18.2 Å². The summed E-state index contributed by atoms with van der Waals surface area (Å²) >= 11 is 9.12. The van der Waals surface area contributed by atoms with Gasteiger partial charge in [0.05, 0.1) is 11.6 Å². The number of hydrogen-bond donors (Lipinski definition) is 0. The van der Waals surface area contributed by atoms with Gasteiger partial charge in [-0.2, -0.15) is 5.26 Å². The second-order valence-corrected chi connectivity index (χ2v) is 7.59. The second-order valence-electron chi connectivity index (χ2n) is 6.40. The molecule has 2 aromatic carbocycles. The SMILES string of the molecule is CC(C)(C)OC(=O)N(c1ccc2cc(C#N)ccc2c1)C(Br)C=CCl. The molecule has 0 fully saturated rings. The summed E-state index contributed by atoms with van der Waals surface area (Å²) in [5.74, 6) is 0. The summed E-state index contributed by atoms with van der Waals surface area (Å²) in [6.45, 7) is 5.44. The quantitative estimate of drug-likeness (QED) is 0.456. The molecule has 0 N–H and O–H groups in total. The van der Waals surface area contributed by atoms with Gasteiger partial charge in [0, 0.05) is 11.2 Å². The zero-order valence-electron chi connectivity index (χ0n) is 14.2. The first kappa shape index (κ1) is 19.3. The highest BCUT2D eigenvalue weighted by molar-refractivity contribution is 9.09. The lowest BCUT2D eigenvalue weighted by Gasteiger charge is -2.29. The van der Waals surface area contributed by atoms with Crippen molar-refractivity contribution in [1.82, 2.24) is 0 Å². The average Bonchev–Trinajstić information content (AvgIpc) is 2.53. The van der Waals surface area contributed by atoms with Crippen LogP contribution >= 0.6 is 27.5 Å². The number of rotatable bonds is 3. The van der Waals surface area contributed by atoms with Crippen LogP contribution in [0.25, 0.3) is 10.8 Å². The van der Waals surface area contributed by atoms with Gasteiger partial charge in [-0.25, -0.2) is 4.79 Å². The van der Waals surface area contributed by atoms with Crippen molar-refractivity contribution in [3.8, 4) is 6.07 Å². The Morgan fingerprint density at radius 1 is 1.28 bits per heavy atom. The summed E-state index contributed by atoms with van der Waals surface area (Å²) < 4.78 is 5.51. The van der Waals surface area contributed by atoms with E-state index < -0.39 is 16.6 Å². The molecule has 6 heteroatoms. The van der Waals surface area contributed by atoms with E-state index in [0.29, 0.717) is 11.3 Å². The number of nitriles is 1. The Bertz CT molecular complexity index is 853. The molecule has 2 rings (SSSR count). The Morgan fingerprint density at radius 3 is 2.52 bits per heavy atom. The van der Waals surface area contributed by atoms with Crippen LogP contribution in [0.5, 0.6) is 0 Å². The van der Waals surface area contributed by atoms with Crippen LogP contribution in [0.4, 0.5) is 10.5 Å². The van der Waals surface area contributed by atoms with Crippen molar-refractivity contribution in [3.05, 3.63) is 53.6 Å². The number of fused-ring (bicyclic) bond motifs is 1. The molecule has 0 aromatic heterocycles. The van der Waals surface area contributed by atoms with Gasteiger partial charge < -0.3 is 4.74 Å². The van der Waals surface area contributed by atoms with Crippen LogP contribution in [0.1, 0.15) is 26.3 Å². The zero-order valence-corrected chi connectivity index (χ0v) is 16.5. The number of halogens is 2. The highest BCUT2D eigenvalue weighted by atomic mass is 79.9. The fourth-order valence-electron chi connectivity index (χ4n) is 2.26. The molecular formula is C19H18BrClN2O2. The molecule has 0 aliphatic heterocycles. The molecule has 0 bridgehead atoms. The Balaban J connectivity index is 2.47. The normalized spacial score (nSPS) is 12.8. The van der Waals surface area contributed by atoms with Gasteiger partial charge in [-0.05, 0) is 61.9 Å². The van der Waals surface area contributed by atoms with Gasteiger partial charge in [-0.1, -0.05) is 39.7 Å². The predicted molar refractivity (Wildman–Crippen MR) is 105 cm³/mol. The monoisotopic (exact) mass is 420 g/mol. The molecule has 0 heterocycles. The minimum Gasteiger partial charge on any atom is -0.443 e. The van der Waals surface area contributed by atoms with Gasteiger partial charge in [-0.15, -0.1) is 0 Å². The van der Waals surface area contributed by atoms with Gasteiger partial charge in [-0.3, -0.25) is 4.90 Å². The summed E-state index contributed by atoms with van der Waals surface area (Å²) in [7, 11) is 0. The summed E-state index contributed by atoms with van der Waals surface area (Å²) in [6.07, 6.45) is 1.14. The molecule has 0 saturated carbocycles. The number of amides is 1. The van der Waals surface area contributed by atoms with Crippen LogP contribution in [0.2, 0.25) is 0 Å². The number of nitrogens with zero attached hydrogens (tertiary/aromatic N) is 2. The van der Waals surface area contributed by atoms with E-state index >= 15 is 0 Å². The molecule has 130 valence electrons. The van der Waals surface area contributed by atoms with Crippen molar-refractivity contribution in [1.29, 1.82) is 5.26 Å². The lowest BCUT2D eigenvalue weighted by Crippen LogP contribution is -2.40. The average molecular weight is 422 g/mol. The number of anilines is 1. The van der Waals surface area contributed by atoms with E-state index in [9.17, 15) is 4.79 Å². The number of carbonyl (C=O) groups is 1. The number of carbonyl (C=O) groups excluding carboxylic acids is 1. The van der Waals surface area contributed by atoms with Crippen molar-refractivity contribution >= 4 is 50.1 Å². The van der Waals surface area contributed by atoms with Crippen molar-refractivity contribution in [2.45, 2.75) is 31.3 Å². The third kappa shape index (κ3) is 4.97. The van der Waals surface area contributed by atoms with Crippen molar-refractivity contribution < 1.29 is 9.53 Å². The lowest BCUT2D eigenvalue weighted by atomic mass is 10.1. The second kappa shape index (κ2) is 7.90. The van der Waals surface area contributed by atoms with E-state index in [1.807, 2.05) is 45.0 Å². The molecule has 0 radical (unpaired) electrons. The first-order valence-corrected chi connectivity index (χ1v) is 8.97. The highest BCUT2D eigenvalue weighted by Gasteiger charge is 2.27. The van der Waals surface area contributed by atoms with Crippen molar-refractivity contribution in [3.63, 3.8) is 0 Å². The molecule has 0 saturated heterocycles. The number of ether oxygens (including phenoxy) is 1. The van der Waals surface area contributed by atoms with Crippen LogP contribution in [-0.2, 0) is 4.74 Å². The molecule has 1 unspecified atom stereocenters. The first-order chi connectivity index (χ1) is 11.7. The van der Waals surface area contributed by atoms with E-state index in [0.717, 1.165) is 10.8 Å². The predicted octanol–water partition coefficient (Wildman–Crippen LogP) is 5.93. The number of benzene rings is 2. The van der Waals surface area contributed by atoms with Crippen LogP contribution in [0.15, 0.2) is 48.0 Å². The molecule has 0 spiro atoms. The van der Waals surface area contributed by atoms with Gasteiger partial charge in [0.15, 0.2) is 0 Å². The van der Waals surface area contributed by atoms with Gasteiger partial charge in [0.1, 0.15) is 10.6 Å². The Kier molecular flexibility index (Phi) is 6.10. The molecule has 1 amide bonds. The van der Waals surface area contributed by atoms with Crippen LogP contribution in [0.3, 0.4) is 0 Å². The largest absolute Gasteiger partial charge is 0.443 e. The van der Waals surface area contributed by atoms with E-state index in [1.165, 1.54) is 10.4 Å². The molecular weight excluding hydrogens is 404 g/mol. The molecule has 2 aromatic rings. The van der Waals surface area contributed by atoms with Crippen LogP contribution < -0.4 is 4.90 Å². The van der Waals surface area contributed by atoms with E-state index in [-0.39, 0.29) is 0 Å². The summed E-state index contributed by atoms with van der Waals surface area (Å²) in [5, 5.41) is 10.8. The highest BCUT2D eigenvalue weighted by Crippen LogP contribution is 2.28. The summed E-state index contributed by atoms with van der Waals surface area (Å²) in [4.78, 5) is 13.7. The third-order valence-corrected chi connectivity index (χ3v) is 4.16. The third-order valence-electron chi connectivity index (χ3n) is 3.30. The van der Waals surface area contributed by atoms with Crippen LogP contribution in [0, 0.1) is 11.3 Å². The summed E-state index contributed by atoms with van der Waals surface area (Å²) in [5.41, 5.74) is 1.97. The smallest absolute Gasteiger partial charge is 0.416 e. The number of alkyl halides is 1. The maximum Gasteiger partial charge on any atom is 0.416 e. The Labute approximate surface area is 160 Å². The van der Waals surface area contributed by atoms with E-state index in [2.05, 4.69) is 22.0 Å². The summed E-state index contributed by atoms with van der Waals surface area (Å²) in [6, 6.07) is 13.1. The molecule has 0 aliphatic carbocycles. The van der Waals surface area contributed by atoms with Crippen molar-refractivity contribution in [2.24, 2.45) is 0 Å². The fraction of sp³-hybridized carbons (Fsp3) is 0.263. The Morgan fingerprint density at radius 2 is 1.92 bits per heavy atom. The molecule has 0 aliphatic rings. The maximum absolute atomic E-state index is 12.7. The standard InChI is InChI=1S/C19H18BrClN2O2/c1-19(2,3)25-18(24)23(17(20)8-9-21)16-7-6-14-10-13(12-22)4-5-15(14)11-16/h4-11,17H,1-3H3. The Hall–Kier alpha value is -2.03. The fourth-order valence-corrected chi connectivity index (χ4v) is 3.13. The van der Waals surface area contributed by atoms with Gasteiger partial charge in [0.2, 0.25) is 0 Å². The van der Waals surface area contributed by atoms with Gasteiger partial charge in [0.25, 0.3) is 0 Å². The topological polar surface area (TPSA) is 53.3 Å². The zero-order chi connectivity index (χ0) is 18.6. The maximum atomic E-state index is 12.7. The minimum atomic E-state index is -0.620.